The lowest BCUT2D eigenvalue weighted by Gasteiger charge is -2.35. The van der Waals surface area contributed by atoms with Gasteiger partial charge in [-0.15, -0.1) is 0 Å². The van der Waals surface area contributed by atoms with E-state index in [2.05, 4.69) is 4.72 Å². The monoisotopic (exact) mass is 394 g/mol. The quantitative estimate of drug-likeness (QED) is 0.638. The summed E-state index contributed by atoms with van der Waals surface area (Å²) in [5.41, 5.74) is 2.95. The lowest BCUT2D eigenvalue weighted by atomic mass is 9.92. The molecular formula is C19H28N3O4S+. The number of quaternary nitrogens is 1. The molecule has 1 amide bonds. The summed E-state index contributed by atoms with van der Waals surface area (Å²) < 4.78 is 33.7. The Morgan fingerprint density at radius 2 is 1.85 bits per heavy atom. The van der Waals surface area contributed by atoms with Crippen LogP contribution in [0.3, 0.4) is 0 Å². The highest BCUT2D eigenvalue weighted by molar-refractivity contribution is 7.89. The zero-order valence-electron chi connectivity index (χ0n) is 15.6. The van der Waals surface area contributed by atoms with Crippen LogP contribution < -0.4 is 14.5 Å². The summed E-state index contributed by atoms with van der Waals surface area (Å²) in [5, 5.41) is 0. The van der Waals surface area contributed by atoms with E-state index in [0.717, 1.165) is 75.5 Å². The second kappa shape index (κ2) is 7.87. The molecule has 0 unspecified atom stereocenters. The molecule has 4 rings (SSSR count). The molecule has 1 aromatic carbocycles. The Morgan fingerprint density at radius 3 is 2.63 bits per heavy atom. The van der Waals surface area contributed by atoms with Crippen LogP contribution in [0.1, 0.15) is 30.4 Å². The smallest absolute Gasteiger partial charge is 0.240 e. The van der Waals surface area contributed by atoms with Crippen LogP contribution in [-0.2, 0) is 32.4 Å². The third-order valence-electron chi connectivity index (χ3n) is 5.76. The van der Waals surface area contributed by atoms with Crippen molar-refractivity contribution in [1.29, 1.82) is 0 Å². The van der Waals surface area contributed by atoms with E-state index in [4.69, 9.17) is 4.74 Å². The van der Waals surface area contributed by atoms with Crippen LogP contribution in [0, 0.1) is 0 Å². The van der Waals surface area contributed by atoms with Gasteiger partial charge in [0.2, 0.25) is 15.9 Å². The van der Waals surface area contributed by atoms with Gasteiger partial charge in [0, 0.05) is 25.9 Å². The molecule has 0 aromatic heterocycles. The molecule has 3 aliphatic heterocycles. The largest absolute Gasteiger partial charge is 0.370 e. The number of morpholine rings is 1. The van der Waals surface area contributed by atoms with Crippen molar-refractivity contribution in [2.24, 2.45) is 0 Å². The van der Waals surface area contributed by atoms with Crippen molar-refractivity contribution in [2.45, 2.75) is 37.0 Å². The second-order valence-corrected chi connectivity index (χ2v) is 9.37. The molecule has 0 atom stereocenters. The fourth-order valence-corrected chi connectivity index (χ4v) is 5.49. The van der Waals surface area contributed by atoms with E-state index in [1.165, 1.54) is 4.90 Å². The normalized spacial score (nSPS) is 20.6. The van der Waals surface area contributed by atoms with Crippen LogP contribution in [0.2, 0.25) is 0 Å². The van der Waals surface area contributed by atoms with Gasteiger partial charge in [0.25, 0.3) is 0 Å². The zero-order valence-corrected chi connectivity index (χ0v) is 16.4. The van der Waals surface area contributed by atoms with Gasteiger partial charge in [-0.05, 0) is 42.5 Å². The first kappa shape index (κ1) is 18.9. The molecule has 2 N–H and O–H groups in total. The molecule has 0 aliphatic carbocycles. The minimum absolute atomic E-state index is 0.155. The van der Waals surface area contributed by atoms with Crippen molar-refractivity contribution in [3.63, 3.8) is 0 Å². The van der Waals surface area contributed by atoms with Crippen LogP contribution in [0.5, 0.6) is 0 Å². The van der Waals surface area contributed by atoms with Gasteiger partial charge in [-0.2, -0.15) is 0 Å². The third-order valence-corrected chi connectivity index (χ3v) is 7.20. The minimum atomic E-state index is -3.52. The number of anilines is 1. The number of rotatable bonds is 6. The van der Waals surface area contributed by atoms with Crippen LogP contribution in [0.4, 0.5) is 5.69 Å². The Hall–Kier alpha value is -1.48. The van der Waals surface area contributed by atoms with E-state index in [9.17, 15) is 13.2 Å². The third kappa shape index (κ3) is 4.03. The average Bonchev–Trinajstić information content (AvgIpc) is 2.69. The van der Waals surface area contributed by atoms with Crippen LogP contribution in [-0.4, -0.2) is 60.3 Å². The van der Waals surface area contributed by atoms with Gasteiger partial charge >= 0.3 is 0 Å². The van der Waals surface area contributed by atoms with Crippen molar-refractivity contribution in [3.05, 3.63) is 23.3 Å². The van der Waals surface area contributed by atoms with Crippen molar-refractivity contribution < 1.29 is 22.8 Å². The van der Waals surface area contributed by atoms with Crippen molar-refractivity contribution in [1.82, 2.24) is 4.72 Å². The Balaban J connectivity index is 1.43. The maximum atomic E-state index is 12.8. The Morgan fingerprint density at radius 1 is 1.11 bits per heavy atom. The molecule has 3 heterocycles. The van der Waals surface area contributed by atoms with E-state index in [1.54, 1.807) is 12.1 Å². The van der Waals surface area contributed by atoms with Gasteiger partial charge in [0.1, 0.15) is 13.1 Å². The molecule has 0 radical (unpaired) electrons. The maximum absolute atomic E-state index is 12.8. The molecule has 148 valence electrons. The molecule has 0 bridgehead atoms. The topological polar surface area (TPSA) is 80.2 Å². The van der Waals surface area contributed by atoms with Gasteiger partial charge in [-0.1, -0.05) is 0 Å². The van der Waals surface area contributed by atoms with Crippen molar-refractivity contribution in [2.75, 3.05) is 50.8 Å². The fraction of sp³-hybridized carbons (Fsp3) is 0.632. The fourth-order valence-electron chi connectivity index (χ4n) is 4.31. The number of aryl methyl sites for hydroxylation is 2. The predicted molar refractivity (Wildman–Crippen MR) is 102 cm³/mol. The van der Waals surface area contributed by atoms with E-state index in [0.29, 0.717) is 24.3 Å². The Kier molecular flexibility index (Phi) is 5.50. The number of ether oxygens (including phenoxy) is 1. The second-order valence-electron chi connectivity index (χ2n) is 7.60. The first-order valence-electron chi connectivity index (χ1n) is 9.92. The van der Waals surface area contributed by atoms with E-state index in [-0.39, 0.29) is 5.91 Å². The summed E-state index contributed by atoms with van der Waals surface area (Å²) in [6.45, 7) is 5.72. The SMILES string of the molecule is O=C1CCc2cc(S(=O)(=O)NCCC[NH+]3CCOCC3)cc3c2N1CCC3. The van der Waals surface area contributed by atoms with Gasteiger partial charge in [-0.3, -0.25) is 4.79 Å². The van der Waals surface area contributed by atoms with Crippen molar-refractivity contribution >= 4 is 21.6 Å². The van der Waals surface area contributed by atoms with Crippen molar-refractivity contribution in [3.8, 4) is 0 Å². The number of benzene rings is 1. The highest BCUT2D eigenvalue weighted by Crippen LogP contribution is 2.37. The summed E-state index contributed by atoms with van der Waals surface area (Å²) in [5.74, 6) is 0.155. The number of hydrogen-bond acceptors (Lipinski definition) is 4. The number of amides is 1. The Bertz CT molecular complexity index is 801. The standard InChI is InChI=1S/C19H27N3O4S/c23-18-5-4-16-14-17(13-15-3-1-8-22(18)19(15)16)27(24,25)20-6-2-7-21-9-11-26-12-10-21/h13-14,20H,1-12H2/p+1. The number of carbonyl (C=O) groups excluding carboxylic acids is 1. The first-order valence-corrected chi connectivity index (χ1v) is 11.4. The minimum Gasteiger partial charge on any atom is -0.370 e. The van der Waals surface area contributed by atoms with Crippen LogP contribution in [0.15, 0.2) is 17.0 Å². The molecule has 27 heavy (non-hydrogen) atoms. The summed E-state index contributed by atoms with van der Waals surface area (Å²) in [4.78, 5) is 15.8. The number of nitrogens with zero attached hydrogens (tertiary/aromatic N) is 1. The molecule has 7 nitrogen and oxygen atoms in total. The molecule has 0 saturated carbocycles. The molecular weight excluding hydrogens is 366 g/mol. The van der Waals surface area contributed by atoms with Crippen LogP contribution >= 0.6 is 0 Å². The summed E-state index contributed by atoms with van der Waals surface area (Å²) in [7, 11) is -3.52. The lowest BCUT2D eigenvalue weighted by Crippen LogP contribution is -3.14. The van der Waals surface area contributed by atoms with Gasteiger partial charge < -0.3 is 14.5 Å². The lowest BCUT2D eigenvalue weighted by molar-refractivity contribution is -0.908. The van der Waals surface area contributed by atoms with Gasteiger partial charge in [-0.25, -0.2) is 13.1 Å². The van der Waals surface area contributed by atoms with E-state index < -0.39 is 10.0 Å². The number of carbonyl (C=O) groups is 1. The highest BCUT2D eigenvalue weighted by Gasteiger charge is 2.31. The molecule has 0 spiro atoms. The zero-order chi connectivity index (χ0) is 18.9. The number of nitrogens with one attached hydrogen (secondary N) is 2. The van der Waals surface area contributed by atoms with Crippen LogP contribution in [0.25, 0.3) is 0 Å². The summed E-state index contributed by atoms with van der Waals surface area (Å²) >= 11 is 0. The van der Waals surface area contributed by atoms with Gasteiger partial charge in [0.15, 0.2) is 0 Å². The first-order chi connectivity index (χ1) is 13.0. The summed E-state index contributed by atoms with van der Waals surface area (Å²) in [6.07, 6.45) is 3.62. The number of hydrogen-bond donors (Lipinski definition) is 2. The number of sulfonamides is 1. The summed E-state index contributed by atoms with van der Waals surface area (Å²) in [6, 6.07) is 3.53. The average molecular weight is 395 g/mol. The predicted octanol–water partition coefficient (Wildman–Crippen LogP) is -0.504. The molecule has 1 aromatic rings. The maximum Gasteiger partial charge on any atom is 0.240 e. The Labute approximate surface area is 160 Å². The molecule has 1 saturated heterocycles. The molecule has 8 heteroatoms. The highest BCUT2D eigenvalue weighted by atomic mass is 32.2. The van der Waals surface area contributed by atoms with Gasteiger partial charge in [0.05, 0.1) is 30.3 Å². The molecule has 3 aliphatic rings. The molecule has 1 fully saturated rings. The van der Waals surface area contributed by atoms with E-state index >= 15 is 0 Å². The van der Waals surface area contributed by atoms with E-state index in [1.807, 2.05) is 4.90 Å².